The summed E-state index contributed by atoms with van der Waals surface area (Å²) in [6, 6.07) is 7.23. The van der Waals surface area contributed by atoms with E-state index in [1.54, 1.807) is 10.9 Å². The van der Waals surface area contributed by atoms with Crippen LogP contribution in [-0.4, -0.2) is 21.5 Å². The fourth-order valence-corrected chi connectivity index (χ4v) is 1.95. The van der Waals surface area contributed by atoms with Crippen molar-refractivity contribution >= 4 is 17.3 Å². The van der Waals surface area contributed by atoms with Crippen LogP contribution < -0.4 is 5.32 Å². The molecule has 1 aromatic carbocycles. The summed E-state index contributed by atoms with van der Waals surface area (Å²) in [5.74, 6) is 0. The lowest BCUT2D eigenvalue weighted by Gasteiger charge is -2.17. The number of aromatic nitrogens is 2. The van der Waals surface area contributed by atoms with Crippen molar-refractivity contribution in [3.05, 3.63) is 46.7 Å². The summed E-state index contributed by atoms with van der Waals surface area (Å²) >= 11 is 5.84. The van der Waals surface area contributed by atoms with Crippen LogP contribution in [0.4, 0.5) is 5.69 Å². The van der Waals surface area contributed by atoms with Gasteiger partial charge in [-0.2, -0.15) is 5.10 Å². The maximum Gasteiger partial charge on any atom is 0.0778 e. The Morgan fingerprint density at radius 3 is 2.56 bits per heavy atom. The zero-order valence-corrected chi connectivity index (χ0v) is 11.1. The van der Waals surface area contributed by atoms with Gasteiger partial charge in [0.1, 0.15) is 0 Å². The maximum absolute atomic E-state index is 9.50. The Morgan fingerprint density at radius 1 is 1.39 bits per heavy atom. The van der Waals surface area contributed by atoms with Gasteiger partial charge in [0.25, 0.3) is 0 Å². The van der Waals surface area contributed by atoms with Gasteiger partial charge in [-0.25, -0.2) is 0 Å². The first-order valence-electron chi connectivity index (χ1n) is 5.73. The van der Waals surface area contributed by atoms with E-state index >= 15 is 0 Å². The molecule has 0 spiro atoms. The monoisotopic (exact) mass is 265 g/mol. The van der Waals surface area contributed by atoms with E-state index in [0.717, 1.165) is 16.9 Å². The quantitative estimate of drug-likeness (QED) is 0.893. The molecule has 2 rings (SSSR count). The van der Waals surface area contributed by atoms with Gasteiger partial charge in [0, 0.05) is 29.0 Å². The van der Waals surface area contributed by atoms with Crippen LogP contribution in [0.5, 0.6) is 0 Å². The molecule has 96 valence electrons. The van der Waals surface area contributed by atoms with Crippen LogP contribution in [0.2, 0.25) is 5.02 Å². The number of aryl methyl sites for hydroxylation is 1. The number of rotatable bonds is 4. The summed E-state index contributed by atoms with van der Waals surface area (Å²) in [6.07, 6.45) is 1.78. The summed E-state index contributed by atoms with van der Waals surface area (Å²) in [4.78, 5) is 0. The van der Waals surface area contributed by atoms with Crippen LogP contribution >= 0.6 is 11.6 Å². The van der Waals surface area contributed by atoms with Crippen molar-refractivity contribution in [3.8, 4) is 0 Å². The van der Waals surface area contributed by atoms with Crippen LogP contribution in [0.15, 0.2) is 30.5 Å². The molecule has 1 atom stereocenters. The highest BCUT2D eigenvalue weighted by atomic mass is 35.5. The molecular weight excluding hydrogens is 250 g/mol. The molecular formula is C13H16ClN3O. The van der Waals surface area contributed by atoms with E-state index in [0.29, 0.717) is 5.02 Å². The lowest BCUT2D eigenvalue weighted by atomic mass is 10.1. The van der Waals surface area contributed by atoms with Gasteiger partial charge in [-0.1, -0.05) is 11.6 Å². The van der Waals surface area contributed by atoms with Crippen LogP contribution in [0, 0.1) is 6.92 Å². The molecule has 1 aromatic heterocycles. The highest BCUT2D eigenvalue weighted by Crippen LogP contribution is 2.22. The standard InChI is InChI=1S/C13H16ClN3O/c1-9-12(7-15-17(9)2)13(8-18)16-11-5-3-10(14)4-6-11/h3-7,13,16,18H,8H2,1-2H3. The largest absolute Gasteiger partial charge is 0.394 e. The van der Waals surface area contributed by atoms with E-state index < -0.39 is 0 Å². The summed E-state index contributed by atoms with van der Waals surface area (Å²) in [5, 5.41) is 17.6. The van der Waals surface area contributed by atoms with Crippen LogP contribution in [0.25, 0.3) is 0 Å². The molecule has 0 aliphatic carbocycles. The van der Waals surface area contributed by atoms with Gasteiger partial charge in [-0.3, -0.25) is 4.68 Å². The van der Waals surface area contributed by atoms with Crippen molar-refractivity contribution in [1.29, 1.82) is 0 Å². The van der Waals surface area contributed by atoms with Gasteiger partial charge in [0.2, 0.25) is 0 Å². The molecule has 1 heterocycles. The van der Waals surface area contributed by atoms with E-state index in [2.05, 4.69) is 10.4 Å². The zero-order chi connectivity index (χ0) is 13.1. The average molecular weight is 266 g/mol. The SMILES string of the molecule is Cc1c(C(CO)Nc2ccc(Cl)cc2)cnn1C. The number of aliphatic hydroxyl groups is 1. The fraction of sp³-hybridized carbons (Fsp3) is 0.308. The second kappa shape index (κ2) is 5.42. The van der Waals surface area contributed by atoms with Crippen molar-refractivity contribution in [2.75, 3.05) is 11.9 Å². The molecule has 4 nitrogen and oxygen atoms in total. The van der Waals surface area contributed by atoms with Gasteiger partial charge >= 0.3 is 0 Å². The molecule has 1 unspecified atom stereocenters. The molecule has 18 heavy (non-hydrogen) atoms. The third-order valence-corrected chi connectivity index (χ3v) is 3.27. The molecule has 2 N–H and O–H groups in total. The summed E-state index contributed by atoms with van der Waals surface area (Å²) < 4.78 is 1.79. The summed E-state index contributed by atoms with van der Waals surface area (Å²) in [5.41, 5.74) is 2.95. The second-order valence-electron chi connectivity index (χ2n) is 4.20. The number of anilines is 1. The van der Waals surface area contributed by atoms with Crippen LogP contribution in [0.1, 0.15) is 17.3 Å². The van der Waals surface area contributed by atoms with Crippen molar-refractivity contribution in [2.45, 2.75) is 13.0 Å². The Morgan fingerprint density at radius 2 is 2.06 bits per heavy atom. The number of nitrogens with zero attached hydrogens (tertiary/aromatic N) is 2. The molecule has 2 aromatic rings. The van der Waals surface area contributed by atoms with E-state index in [1.165, 1.54) is 0 Å². The normalized spacial score (nSPS) is 12.4. The summed E-state index contributed by atoms with van der Waals surface area (Å²) in [7, 11) is 1.88. The topological polar surface area (TPSA) is 50.1 Å². The minimum atomic E-state index is -0.167. The molecule has 0 amide bonds. The van der Waals surface area contributed by atoms with Crippen molar-refractivity contribution < 1.29 is 5.11 Å². The molecule has 5 heteroatoms. The van der Waals surface area contributed by atoms with Crippen LogP contribution in [0.3, 0.4) is 0 Å². The van der Waals surface area contributed by atoms with E-state index in [4.69, 9.17) is 11.6 Å². The molecule has 0 fully saturated rings. The van der Waals surface area contributed by atoms with E-state index in [-0.39, 0.29) is 12.6 Å². The van der Waals surface area contributed by atoms with Crippen molar-refractivity contribution in [3.63, 3.8) is 0 Å². The highest BCUT2D eigenvalue weighted by molar-refractivity contribution is 6.30. The van der Waals surface area contributed by atoms with E-state index in [1.807, 2.05) is 38.2 Å². The number of halogens is 1. The molecule has 0 saturated carbocycles. The Bertz CT molecular complexity index is 522. The van der Waals surface area contributed by atoms with E-state index in [9.17, 15) is 5.11 Å². The number of nitrogens with one attached hydrogen (secondary N) is 1. The Balaban J connectivity index is 2.19. The lowest BCUT2D eigenvalue weighted by Crippen LogP contribution is -2.15. The van der Waals surface area contributed by atoms with Gasteiger partial charge in [-0.15, -0.1) is 0 Å². The molecule has 0 aliphatic heterocycles. The first-order chi connectivity index (χ1) is 8.61. The molecule has 0 radical (unpaired) electrons. The first-order valence-corrected chi connectivity index (χ1v) is 6.11. The second-order valence-corrected chi connectivity index (χ2v) is 4.63. The lowest BCUT2D eigenvalue weighted by molar-refractivity contribution is 0.276. The zero-order valence-electron chi connectivity index (χ0n) is 10.4. The van der Waals surface area contributed by atoms with Gasteiger partial charge < -0.3 is 10.4 Å². The van der Waals surface area contributed by atoms with Crippen LogP contribution in [-0.2, 0) is 7.05 Å². The summed E-state index contributed by atoms with van der Waals surface area (Å²) in [6.45, 7) is 1.99. The van der Waals surface area contributed by atoms with Gasteiger partial charge in [0.05, 0.1) is 18.8 Å². The predicted molar refractivity (Wildman–Crippen MR) is 72.8 cm³/mol. The van der Waals surface area contributed by atoms with Crippen molar-refractivity contribution in [2.24, 2.45) is 7.05 Å². The number of benzene rings is 1. The minimum absolute atomic E-state index is 0.00909. The van der Waals surface area contributed by atoms with Gasteiger partial charge in [-0.05, 0) is 31.2 Å². The predicted octanol–water partition coefficient (Wildman–Crippen LogP) is 2.53. The fourth-order valence-electron chi connectivity index (χ4n) is 1.83. The molecule has 0 saturated heterocycles. The minimum Gasteiger partial charge on any atom is -0.394 e. The number of hydrogen-bond donors (Lipinski definition) is 2. The third-order valence-electron chi connectivity index (χ3n) is 3.02. The number of hydrogen-bond acceptors (Lipinski definition) is 3. The number of aliphatic hydroxyl groups excluding tert-OH is 1. The maximum atomic E-state index is 9.50. The smallest absolute Gasteiger partial charge is 0.0778 e. The highest BCUT2D eigenvalue weighted by Gasteiger charge is 2.15. The Hall–Kier alpha value is -1.52. The van der Waals surface area contributed by atoms with Crippen molar-refractivity contribution in [1.82, 2.24) is 9.78 Å². The molecule has 0 bridgehead atoms. The first kappa shape index (κ1) is 12.9. The van der Waals surface area contributed by atoms with Gasteiger partial charge in [0.15, 0.2) is 0 Å². The molecule has 0 aliphatic rings. The average Bonchev–Trinajstić information content (AvgIpc) is 2.70. The third kappa shape index (κ3) is 2.66. The Kier molecular flexibility index (Phi) is 3.89. The Labute approximate surface area is 111 Å².